The van der Waals surface area contributed by atoms with Crippen LogP contribution in [0.1, 0.15) is 39.0 Å². The highest BCUT2D eigenvalue weighted by Gasteiger charge is 2.23. The lowest BCUT2D eigenvalue weighted by Gasteiger charge is -2.29. The third-order valence-corrected chi connectivity index (χ3v) is 4.64. The molecule has 2 unspecified atom stereocenters. The number of rotatable bonds is 4. The van der Waals surface area contributed by atoms with Crippen LogP contribution in [0.5, 0.6) is 0 Å². The smallest absolute Gasteiger partial charge is 0.0184 e. The lowest BCUT2D eigenvalue weighted by atomic mass is 10.1. The predicted octanol–water partition coefficient (Wildman–Crippen LogP) is 2.66. The molecule has 1 saturated carbocycles. The summed E-state index contributed by atoms with van der Waals surface area (Å²) in [7, 11) is 0. The zero-order valence-electron chi connectivity index (χ0n) is 8.59. The highest BCUT2D eigenvalue weighted by molar-refractivity contribution is 7.99. The van der Waals surface area contributed by atoms with Crippen LogP contribution in [0, 0.1) is 5.92 Å². The van der Waals surface area contributed by atoms with Gasteiger partial charge in [-0.1, -0.05) is 19.8 Å². The van der Waals surface area contributed by atoms with Crippen molar-refractivity contribution in [2.24, 2.45) is 5.92 Å². The molecule has 0 aromatic heterocycles. The first-order valence-corrected chi connectivity index (χ1v) is 6.76. The molecular formula is C11H21NS. The Kier molecular flexibility index (Phi) is 3.56. The van der Waals surface area contributed by atoms with E-state index >= 15 is 0 Å². The molecule has 0 aromatic carbocycles. The van der Waals surface area contributed by atoms with E-state index in [1.807, 2.05) is 0 Å². The van der Waals surface area contributed by atoms with Gasteiger partial charge in [-0.25, -0.2) is 0 Å². The highest BCUT2D eigenvalue weighted by atomic mass is 32.2. The summed E-state index contributed by atoms with van der Waals surface area (Å²) in [5.74, 6) is 2.46. The third-order valence-electron chi connectivity index (χ3n) is 3.26. The van der Waals surface area contributed by atoms with E-state index in [2.05, 4.69) is 24.0 Å². The van der Waals surface area contributed by atoms with E-state index in [1.165, 1.54) is 44.4 Å². The van der Waals surface area contributed by atoms with Gasteiger partial charge in [0.2, 0.25) is 0 Å². The van der Waals surface area contributed by atoms with Crippen LogP contribution in [0.15, 0.2) is 0 Å². The lowest BCUT2D eigenvalue weighted by Crippen LogP contribution is -2.39. The standard InChI is InChI=1S/C11H21NS/c1-9-11(3-2-8-13-9)12-7-6-10-4-5-10/h9-12H,2-8H2,1H3. The van der Waals surface area contributed by atoms with Crippen molar-refractivity contribution in [2.45, 2.75) is 50.3 Å². The minimum atomic E-state index is 0.803. The average Bonchev–Trinajstić information content (AvgIpc) is 2.92. The Hall–Kier alpha value is 0.310. The molecule has 0 radical (unpaired) electrons. The fraction of sp³-hybridized carbons (Fsp3) is 1.00. The molecule has 2 fully saturated rings. The van der Waals surface area contributed by atoms with Crippen molar-refractivity contribution in [3.8, 4) is 0 Å². The van der Waals surface area contributed by atoms with Crippen molar-refractivity contribution in [3.63, 3.8) is 0 Å². The van der Waals surface area contributed by atoms with Crippen molar-refractivity contribution >= 4 is 11.8 Å². The Labute approximate surface area is 86.0 Å². The molecule has 0 spiro atoms. The van der Waals surface area contributed by atoms with Crippen LogP contribution >= 0.6 is 11.8 Å². The van der Waals surface area contributed by atoms with Crippen LogP contribution < -0.4 is 5.32 Å². The Morgan fingerprint density at radius 3 is 2.85 bits per heavy atom. The van der Waals surface area contributed by atoms with Crippen LogP contribution in [0.4, 0.5) is 0 Å². The van der Waals surface area contributed by atoms with Gasteiger partial charge in [0.1, 0.15) is 0 Å². The summed E-state index contributed by atoms with van der Waals surface area (Å²) in [6.45, 7) is 3.64. The quantitative estimate of drug-likeness (QED) is 0.747. The van der Waals surface area contributed by atoms with Gasteiger partial charge in [0.15, 0.2) is 0 Å². The van der Waals surface area contributed by atoms with Gasteiger partial charge in [-0.05, 0) is 37.5 Å². The van der Waals surface area contributed by atoms with Gasteiger partial charge in [0.05, 0.1) is 0 Å². The second-order valence-corrected chi connectivity index (χ2v) is 6.00. The maximum atomic E-state index is 3.72. The van der Waals surface area contributed by atoms with E-state index in [9.17, 15) is 0 Å². The van der Waals surface area contributed by atoms with Crippen LogP contribution in [-0.4, -0.2) is 23.6 Å². The second kappa shape index (κ2) is 4.70. The molecule has 2 aliphatic rings. The zero-order valence-corrected chi connectivity index (χ0v) is 9.41. The molecule has 2 rings (SSSR count). The zero-order chi connectivity index (χ0) is 9.10. The van der Waals surface area contributed by atoms with Crippen molar-refractivity contribution in [2.75, 3.05) is 12.3 Å². The van der Waals surface area contributed by atoms with Crippen LogP contribution in [0.2, 0.25) is 0 Å². The Morgan fingerprint density at radius 1 is 1.31 bits per heavy atom. The number of nitrogens with one attached hydrogen (secondary N) is 1. The van der Waals surface area contributed by atoms with Gasteiger partial charge in [0.25, 0.3) is 0 Å². The monoisotopic (exact) mass is 199 g/mol. The predicted molar refractivity (Wildman–Crippen MR) is 60.3 cm³/mol. The molecule has 13 heavy (non-hydrogen) atoms. The normalized spacial score (nSPS) is 34.8. The van der Waals surface area contributed by atoms with Crippen molar-refractivity contribution in [1.82, 2.24) is 5.32 Å². The van der Waals surface area contributed by atoms with E-state index in [-0.39, 0.29) is 0 Å². The summed E-state index contributed by atoms with van der Waals surface area (Å²) in [6, 6.07) is 0.803. The topological polar surface area (TPSA) is 12.0 Å². The van der Waals surface area contributed by atoms with Crippen LogP contribution in [0.25, 0.3) is 0 Å². The summed E-state index contributed by atoms with van der Waals surface area (Å²) < 4.78 is 0. The fourth-order valence-corrected chi connectivity index (χ4v) is 3.24. The summed E-state index contributed by atoms with van der Waals surface area (Å²) in [5, 5.41) is 4.56. The van der Waals surface area contributed by atoms with Crippen LogP contribution in [0.3, 0.4) is 0 Å². The van der Waals surface area contributed by atoms with E-state index in [0.29, 0.717) is 0 Å². The van der Waals surface area contributed by atoms with E-state index in [1.54, 1.807) is 0 Å². The maximum absolute atomic E-state index is 3.72. The molecule has 76 valence electrons. The van der Waals surface area contributed by atoms with Gasteiger partial charge >= 0.3 is 0 Å². The number of thioether (sulfide) groups is 1. The summed E-state index contributed by atoms with van der Waals surface area (Å²) in [5.41, 5.74) is 0. The average molecular weight is 199 g/mol. The first-order chi connectivity index (χ1) is 6.36. The summed E-state index contributed by atoms with van der Waals surface area (Å²) in [4.78, 5) is 0. The molecule has 1 aliphatic heterocycles. The van der Waals surface area contributed by atoms with E-state index < -0.39 is 0 Å². The highest BCUT2D eigenvalue weighted by Crippen LogP contribution is 2.32. The minimum absolute atomic E-state index is 0.803. The van der Waals surface area contributed by atoms with E-state index in [0.717, 1.165) is 17.2 Å². The van der Waals surface area contributed by atoms with Crippen LogP contribution in [-0.2, 0) is 0 Å². The molecule has 2 atom stereocenters. The third kappa shape index (κ3) is 3.17. The maximum Gasteiger partial charge on any atom is 0.0184 e. The molecule has 0 bridgehead atoms. The van der Waals surface area contributed by atoms with E-state index in [4.69, 9.17) is 0 Å². The summed E-state index contributed by atoms with van der Waals surface area (Å²) >= 11 is 2.14. The lowest BCUT2D eigenvalue weighted by molar-refractivity contribution is 0.451. The minimum Gasteiger partial charge on any atom is -0.313 e. The molecule has 1 heterocycles. The fourth-order valence-electron chi connectivity index (χ4n) is 2.07. The molecule has 0 aromatic rings. The Bertz CT molecular complexity index is 156. The molecule has 1 nitrogen and oxygen atoms in total. The molecule has 1 N–H and O–H groups in total. The Balaban J connectivity index is 1.60. The Morgan fingerprint density at radius 2 is 2.15 bits per heavy atom. The van der Waals surface area contributed by atoms with Gasteiger partial charge < -0.3 is 5.32 Å². The van der Waals surface area contributed by atoms with Crippen molar-refractivity contribution < 1.29 is 0 Å². The van der Waals surface area contributed by atoms with Gasteiger partial charge in [-0.15, -0.1) is 0 Å². The molecular weight excluding hydrogens is 178 g/mol. The van der Waals surface area contributed by atoms with Gasteiger partial charge in [-0.3, -0.25) is 0 Å². The number of hydrogen-bond donors (Lipinski definition) is 1. The molecule has 2 heteroatoms. The summed E-state index contributed by atoms with van der Waals surface area (Å²) in [6.07, 6.45) is 7.23. The van der Waals surface area contributed by atoms with Gasteiger partial charge in [0, 0.05) is 11.3 Å². The largest absolute Gasteiger partial charge is 0.313 e. The SMILES string of the molecule is CC1SCCCC1NCCC1CC1. The second-order valence-electron chi connectivity index (χ2n) is 4.51. The first-order valence-electron chi connectivity index (χ1n) is 5.71. The molecule has 1 aliphatic carbocycles. The van der Waals surface area contributed by atoms with Crippen molar-refractivity contribution in [3.05, 3.63) is 0 Å². The van der Waals surface area contributed by atoms with Gasteiger partial charge in [-0.2, -0.15) is 11.8 Å². The first kappa shape index (κ1) is 9.85. The molecule has 1 saturated heterocycles. The van der Waals surface area contributed by atoms with Crippen molar-refractivity contribution in [1.29, 1.82) is 0 Å². The number of hydrogen-bond acceptors (Lipinski definition) is 2. The molecule has 0 amide bonds.